The number of aromatic nitrogens is 2. The molecule has 2 aromatic heterocycles. The largest absolute Gasteiger partial charge is 0.319 e. The highest BCUT2D eigenvalue weighted by atomic mass is 15.0. The molecule has 4 nitrogen and oxygen atoms in total. The second-order valence-corrected chi connectivity index (χ2v) is 10.4. The summed E-state index contributed by atoms with van der Waals surface area (Å²) >= 11 is 0. The van der Waals surface area contributed by atoms with E-state index in [4.69, 9.17) is 13.1 Å². The normalized spacial score (nSPS) is 11.3. The fourth-order valence-corrected chi connectivity index (χ4v) is 6.39. The molecule has 42 heavy (non-hydrogen) atoms. The molecule has 0 bridgehead atoms. The number of hydrogen-bond donors (Lipinski definition) is 0. The van der Waals surface area contributed by atoms with Gasteiger partial charge in [-0.15, -0.1) is 0 Å². The van der Waals surface area contributed by atoms with Gasteiger partial charge in [0.1, 0.15) is 0 Å². The van der Waals surface area contributed by atoms with E-state index in [1.807, 2.05) is 36.4 Å². The Bertz CT molecular complexity index is 2440. The molecule has 0 atom stereocenters. The lowest BCUT2D eigenvalue weighted by Crippen LogP contribution is -1.95. The van der Waals surface area contributed by atoms with Crippen molar-refractivity contribution in [3.8, 4) is 22.5 Å². The zero-order valence-corrected chi connectivity index (χ0v) is 22.5. The van der Waals surface area contributed by atoms with E-state index in [0.717, 1.165) is 66.1 Å². The molecule has 194 valence electrons. The molecule has 0 unspecified atom stereocenters. The zero-order chi connectivity index (χ0) is 28.2. The van der Waals surface area contributed by atoms with Crippen molar-refractivity contribution < 1.29 is 0 Å². The maximum atomic E-state index is 7.80. The molecule has 0 radical (unpaired) electrons. The number of fused-ring (bicyclic) bond motifs is 6. The molecule has 0 amide bonds. The van der Waals surface area contributed by atoms with Crippen molar-refractivity contribution in [2.24, 2.45) is 0 Å². The van der Waals surface area contributed by atoms with Gasteiger partial charge in [0.15, 0.2) is 5.69 Å². The third-order valence-corrected chi connectivity index (χ3v) is 8.14. The van der Waals surface area contributed by atoms with Gasteiger partial charge in [0, 0.05) is 21.8 Å². The first kappa shape index (κ1) is 23.8. The summed E-state index contributed by atoms with van der Waals surface area (Å²) in [6, 6.07) is 45.7. The van der Waals surface area contributed by atoms with Crippen LogP contribution in [0, 0.1) is 13.1 Å². The van der Waals surface area contributed by atoms with Gasteiger partial charge in [-0.25, -0.2) is 9.69 Å². The Hall–Kier alpha value is -6.10. The average molecular weight is 535 g/mol. The van der Waals surface area contributed by atoms with E-state index < -0.39 is 0 Å². The Balaban J connectivity index is 1.41. The van der Waals surface area contributed by atoms with Gasteiger partial charge in [-0.2, -0.15) is 0 Å². The SMILES string of the molecule is [C-]#[N+]c1ccc2c(c1)c1ccccc1n2-c1cccc(-c2cccc3c2c2ccccc2n3-c2ccccc2[N+]#[C-])c1. The molecule has 0 N–H and O–H groups in total. The lowest BCUT2D eigenvalue weighted by atomic mass is 9.99. The van der Waals surface area contributed by atoms with Crippen LogP contribution in [0.5, 0.6) is 0 Å². The van der Waals surface area contributed by atoms with Gasteiger partial charge in [-0.1, -0.05) is 84.9 Å². The number of para-hydroxylation sites is 4. The van der Waals surface area contributed by atoms with Crippen molar-refractivity contribution in [3.63, 3.8) is 0 Å². The molecular formula is C38H22N4. The van der Waals surface area contributed by atoms with Crippen molar-refractivity contribution in [1.82, 2.24) is 9.13 Å². The first-order chi connectivity index (χ1) is 20.8. The molecule has 6 aromatic carbocycles. The summed E-state index contributed by atoms with van der Waals surface area (Å²) in [5.41, 5.74) is 9.79. The summed E-state index contributed by atoms with van der Waals surface area (Å²) in [7, 11) is 0. The van der Waals surface area contributed by atoms with Crippen molar-refractivity contribution in [2.45, 2.75) is 0 Å². The second kappa shape index (κ2) is 9.24. The van der Waals surface area contributed by atoms with Crippen LogP contribution in [0.1, 0.15) is 0 Å². The lowest BCUT2D eigenvalue weighted by Gasteiger charge is -2.12. The third kappa shape index (κ3) is 3.40. The van der Waals surface area contributed by atoms with E-state index >= 15 is 0 Å². The van der Waals surface area contributed by atoms with E-state index in [1.165, 1.54) is 0 Å². The topological polar surface area (TPSA) is 18.6 Å². The molecular weight excluding hydrogens is 512 g/mol. The molecule has 8 rings (SSSR count). The zero-order valence-electron chi connectivity index (χ0n) is 22.5. The molecule has 2 heterocycles. The summed E-state index contributed by atoms with van der Waals surface area (Å²) in [4.78, 5) is 7.51. The van der Waals surface area contributed by atoms with Crippen LogP contribution in [-0.2, 0) is 0 Å². The number of benzene rings is 6. The summed E-state index contributed by atoms with van der Waals surface area (Å²) in [5, 5.41) is 4.52. The second-order valence-electron chi connectivity index (χ2n) is 10.4. The van der Waals surface area contributed by atoms with Gasteiger partial charge in [0.25, 0.3) is 0 Å². The Morgan fingerprint density at radius 1 is 0.476 bits per heavy atom. The van der Waals surface area contributed by atoms with E-state index in [1.54, 1.807) is 0 Å². The lowest BCUT2D eigenvalue weighted by molar-refractivity contribution is 1.18. The van der Waals surface area contributed by atoms with E-state index in [2.05, 4.69) is 116 Å². The summed E-state index contributed by atoms with van der Waals surface area (Å²) in [5.74, 6) is 0. The predicted molar refractivity (Wildman–Crippen MR) is 173 cm³/mol. The molecule has 8 aromatic rings. The molecule has 0 saturated heterocycles. The quantitative estimate of drug-likeness (QED) is 0.201. The van der Waals surface area contributed by atoms with E-state index in [9.17, 15) is 0 Å². The minimum atomic E-state index is 0.625. The number of nitrogens with zero attached hydrogens (tertiary/aromatic N) is 4. The summed E-state index contributed by atoms with van der Waals surface area (Å²) in [6.45, 7) is 15.3. The third-order valence-electron chi connectivity index (χ3n) is 8.14. The van der Waals surface area contributed by atoms with Gasteiger partial charge in [-0.05, 0) is 65.0 Å². The maximum absolute atomic E-state index is 7.80. The molecule has 0 saturated carbocycles. The van der Waals surface area contributed by atoms with Crippen molar-refractivity contribution >= 4 is 55.0 Å². The first-order valence-corrected chi connectivity index (χ1v) is 13.8. The summed E-state index contributed by atoms with van der Waals surface area (Å²) < 4.78 is 4.50. The van der Waals surface area contributed by atoms with Gasteiger partial charge < -0.3 is 9.13 Å². The fraction of sp³-hybridized carbons (Fsp3) is 0. The van der Waals surface area contributed by atoms with Crippen LogP contribution in [0.3, 0.4) is 0 Å². The predicted octanol–water partition coefficient (Wildman–Crippen LogP) is 10.6. The Morgan fingerprint density at radius 3 is 2.00 bits per heavy atom. The van der Waals surface area contributed by atoms with Crippen LogP contribution >= 0.6 is 0 Å². The monoisotopic (exact) mass is 534 g/mol. The average Bonchev–Trinajstić information content (AvgIpc) is 3.57. The minimum absolute atomic E-state index is 0.625. The number of rotatable bonds is 3. The van der Waals surface area contributed by atoms with Crippen LogP contribution < -0.4 is 0 Å². The fourth-order valence-electron chi connectivity index (χ4n) is 6.39. The first-order valence-electron chi connectivity index (χ1n) is 13.8. The molecule has 0 aliphatic carbocycles. The molecule has 0 aliphatic rings. The molecule has 4 heteroatoms. The Morgan fingerprint density at radius 2 is 1.17 bits per heavy atom. The maximum Gasteiger partial charge on any atom is 0.210 e. The summed E-state index contributed by atoms with van der Waals surface area (Å²) in [6.07, 6.45) is 0. The standard InChI is InChI=1S/C38H22N4/c1-39-26-21-22-35-31(24-26)29-13-3-6-17-33(29)41(35)27-12-9-11-25(23-27)28-15-10-20-37-38(28)30-14-4-7-18-34(30)42(37)36-19-8-5-16-32(36)40-2/h3-24H. The van der Waals surface area contributed by atoms with Crippen molar-refractivity contribution in [1.29, 1.82) is 0 Å². The Labute approximate surface area is 242 Å². The smallest absolute Gasteiger partial charge is 0.210 e. The number of hydrogen-bond acceptors (Lipinski definition) is 0. The highest BCUT2D eigenvalue weighted by Crippen LogP contribution is 2.41. The van der Waals surface area contributed by atoms with Crippen LogP contribution in [0.25, 0.3) is 75.8 Å². The van der Waals surface area contributed by atoms with Gasteiger partial charge >= 0.3 is 0 Å². The van der Waals surface area contributed by atoms with E-state index in [0.29, 0.717) is 11.4 Å². The minimum Gasteiger partial charge on any atom is -0.319 e. The molecule has 0 spiro atoms. The highest BCUT2D eigenvalue weighted by molar-refractivity contribution is 6.16. The van der Waals surface area contributed by atoms with Crippen LogP contribution in [-0.4, -0.2) is 9.13 Å². The van der Waals surface area contributed by atoms with Gasteiger partial charge in [0.2, 0.25) is 5.69 Å². The highest BCUT2D eigenvalue weighted by Gasteiger charge is 2.18. The van der Waals surface area contributed by atoms with Gasteiger partial charge in [0.05, 0.1) is 40.9 Å². The van der Waals surface area contributed by atoms with Crippen LogP contribution in [0.15, 0.2) is 133 Å². The Kier molecular flexibility index (Phi) is 5.22. The molecule has 0 aliphatic heterocycles. The van der Waals surface area contributed by atoms with Crippen LogP contribution in [0.2, 0.25) is 0 Å². The van der Waals surface area contributed by atoms with E-state index in [-0.39, 0.29) is 0 Å². The molecule has 0 fully saturated rings. The van der Waals surface area contributed by atoms with Gasteiger partial charge in [-0.3, -0.25) is 0 Å². The van der Waals surface area contributed by atoms with Crippen molar-refractivity contribution in [3.05, 3.63) is 156 Å². The van der Waals surface area contributed by atoms with Crippen LogP contribution in [0.4, 0.5) is 11.4 Å². The van der Waals surface area contributed by atoms with Crippen molar-refractivity contribution in [2.75, 3.05) is 0 Å².